The molecule has 1 saturated heterocycles. The smallest absolute Gasteiger partial charge is 0.110 e. The number of rotatable bonds is 6. The molecule has 0 spiro atoms. The number of hydrogen-bond donors (Lipinski definition) is 0. The molecule has 3 rings (SSSR count). The van der Waals surface area contributed by atoms with Crippen molar-refractivity contribution < 1.29 is 0 Å². The zero-order valence-corrected chi connectivity index (χ0v) is 15.1. The molecule has 1 atom stereocenters. The lowest BCUT2D eigenvalue weighted by Gasteiger charge is -2.35. The fraction of sp³-hybridized carbons (Fsp3) is 0.632. The summed E-state index contributed by atoms with van der Waals surface area (Å²) in [5.41, 5.74) is 3.22. The maximum Gasteiger partial charge on any atom is 0.110 e. The summed E-state index contributed by atoms with van der Waals surface area (Å²) < 4.78 is 2.05. The second-order valence-electron chi connectivity index (χ2n) is 7.09. The molecule has 5 heteroatoms. The number of nitrogens with zero attached hydrogens (tertiary/aromatic N) is 5. The molecule has 3 heterocycles. The largest absolute Gasteiger partial charge is 0.301 e. The third-order valence-electron chi connectivity index (χ3n) is 4.93. The third kappa shape index (κ3) is 3.83. The van der Waals surface area contributed by atoms with Crippen LogP contribution in [0.15, 0.2) is 24.7 Å². The zero-order valence-electron chi connectivity index (χ0n) is 15.1. The molecule has 0 aliphatic carbocycles. The van der Waals surface area contributed by atoms with Crippen LogP contribution in [-0.4, -0.2) is 43.8 Å². The molecule has 0 N–H and O–H groups in total. The van der Waals surface area contributed by atoms with Crippen molar-refractivity contribution in [3.05, 3.63) is 30.4 Å². The lowest BCUT2D eigenvalue weighted by atomic mass is 9.91. The van der Waals surface area contributed by atoms with E-state index in [1.807, 2.05) is 12.4 Å². The molecular formula is C19H29N5. The maximum atomic E-state index is 4.68. The molecule has 0 radical (unpaired) electrons. The minimum Gasteiger partial charge on any atom is -0.301 e. The van der Waals surface area contributed by atoms with Crippen molar-refractivity contribution >= 4 is 0 Å². The minimum absolute atomic E-state index is 0.625. The predicted octanol–water partition coefficient (Wildman–Crippen LogP) is 3.41. The van der Waals surface area contributed by atoms with Crippen LogP contribution in [0.1, 0.15) is 45.7 Å². The van der Waals surface area contributed by atoms with E-state index in [1.165, 1.54) is 25.9 Å². The van der Waals surface area contributed by atoms with E-state index in [4.69, 9.17) is 0 Å². The molecular weight excluding hydrogens is 298 g/mol. The first-order chi connectivity index (χ1) is 11.7. The lowest BCUT2D eigenvalue weighted by Crippen LogP contribution is -2.40. The fourth-order valence-electron chi connectivity index (χ4n) is 3.66. The monoisotopic (exact) mass is 327 g/mol. The highest BCUT2D eigenvalue weighted by atomic mass is 15.3. The van der Waals surface area contributed by atoms with Crippen LogP contribution in [0.5, 0.6) is 0 Å². The third-order valence-corrected chi connectivity index (χ3v) is 4.93. The summed E-state index contributed by atoms with van der Waals surface area (Å²) in [5.74, 6) is 0.666. The van der Waals surface area contributed by atoms with Crippen molar-refractivity contribution in [1.29, 1.82) is 0 Å². The van der Waals surface area contributed by atoms with Gasteiger partial charge in [0, 0.05) is 37.7 Å². The average molecular weight is 327 g/mol. The van der Waals surface area contributed by atoms with E-state index >= 15 is 0 Å². The van der Waals surface area contributed by atoms with E-state index in [-0.39, 0.29) is 0 Å². The minimum atomic E-state index is 0.625. The molecule has 0 unspecified atom stereocenters. The van der Waals surface area contributed by atoms with E-state index < -0.39 is 0 Å². The normalized spacial score (nSPS) is 19.1. The number of aryl methyl sites for hydroxylation is 1. The van der Waals surface area contributed by atoms with Crippen LogP contribution in [0.3, 0.4) is 0 Å². The molecule has 1 fully saturated rings. The number of hydrogen-bond acceptors (Lipinski definition) is 4. The highest BCUT2D eigenvalue weighted by molar-refractivity contribution is 5.57. The molecule has 0 aromatic carbocycles. The quantitative estimate of drug-likeness (QED) is 0.816. The Labute approximate surface area is 145 Å². The average Bonchev–Trinajstić information content (AvgIpc) is 3.04. The summed E-state index contributed by atoms with van der Waals surface area (Å²) in [6, 6.07) is 2.69. The Morgan fingerprint density at radius 2 is 2.04 bits per heavy atom. The van der Waals surface area contributed by atoms with Crippen LogP contribution in [0.25, 0.3) is 11.4 Å². The van der Waals surface area contributed by atoms with E-state index in [0.29, 0.717) is 12.0 Å². The van der Waals surface area contributed by atoms with Gasteiger partial charge in [-0.15, -0.1) is 0 Å². The van der Waals surface area contributed by atoms with Crippen molar-refractivity contribution in [2.24, 2.45) is 5.92 Å². The van der Waals surface area contributed by atoms with Gasteiger partial charge in [-0.3, -0.25) is 14.6 Å². The van der Waals surface area contributed by atoms with Gasteiger partial charge >= 0.3 is 0 Å². The Balaban J connectivity index is 1.80. The Hall–Kier alpha value is -1.75. The van der Waals surface area contributed by atoms with Crippen molar-refractivity contribution in [1.82, 2.24) is 24.6 Å². The summed E-state index contributed by atoms with van der Waals surface area (Å²) in [7, 11) is 0. The van der Waals surface area contributed by atoms with Crippen molar-refractivity contribution in [2.75, 3.05) is 13.1 Å². The van der Waals surface area contributed by atoms with Gasteiger partial charge in [-0.05, 0) is 58.1 Å². The van der Waals surface area contributed by atoms with Crippen LogP contribution >= 0.6 is 0 Å². The van der Waals surface area contributed by atoms with Gasteiger partial charge in [0.2, 0.25) is 0 Å². The van der Waals surface area contributed by atoms with E-state index in [0.717, 1.165) is 36.5 Å². The second kappa shape index (κ2) is 7.88. The summed E-state index contributed by atoms with van der Waals surface area (Å²) in [5, 5.41) is 4.45. The number of likely N-dealkylation sites (tertiary alicyclic amines) is 1. The van der Waals surface area contributed by atoms with E-state index in [1.54, 1.807) is 6.20 Å². The molecule has 0 bridgehead atoms. The van der Waals surface area contributed by atoms with Crippen LogP contribution in [0, 0.1) is 5.92 Å². The number of piperidine rings is 1. The number of aromatic nitrogens is 4. The lowest BCUT2D eigenvalue weighted by molar-refractivity contribution is 0.139. The van der Waals surface area contributed by atoms with Crippen LogP contribution < -0.4 is 0 Å². The van der Waals surface area contributed by atoms with Crippen LogP contribution in [0.2, 0.25) is 0 Å². The second-order valence-corrected chi connectivity index (χ2v) is 7.09. The van der Waals surface area contributed by atoms with Gasteiger partial charge in [0.1, 0.15) is 5.69 Å². The van der Waals surface area contributed by atoms with Crippen molar-refractivity contribution in [2.45, 2.75) is 59.0 Å². The van der Waals surface area contributed by atoms with Gasteiger partial charge in [-0.25, -0.2) is 0 Å². The van der Waals surface area contributed by atoms with Gasteiger partial charge < -0.3 is 4.90 Å². The van der Waals surface area contributed by atoms with Crippen LogP contribution in [-0.2, 0) is 13.0 Å². The van der Waals surface area contributed by atoms with E-state index in [2.05, 4.69) is 51.5 Å². The van der Waals surface area contributed by atoms with Crippen molar-refractivity contribution in [3.63, 3.8) is 0 Å². The van der Waals surface area contributed by atoms with Crippen LogP contribution in [0.4, 0.5) is 0 Å². The molecule has 0 amide bonds. The Kier molecular flexibility index (Phi) is 5.61. The Morgan fingerprint density at radius 1 is 1.21 bits per heavy atom. The van der Waals surface area contributed by atoms with Gasteiger partial charge in [-0.1, -0.05) is 6.92 Å². The summed E-state index contributed by atoms with van der Waals surface area (Å²) >= 11 is 0. The molecule has 2 aromatic heterocycles. The first-order valence-corrected chi connectivity index (χ1v) is 9.25. The molecule has 130 valence electrons. The Bertz CT molecular complexity index is 649. The SMILES string of the molecule is CCCn1nccc1-c1nccnc1C[C@@H]1CCCN(C(C)C)C1. The molecule has 1 aliphatic heterocycles. The van der Waals surface area contributed by atoms with E-state index in [9.17, 15) is 0 Å². The zero-order chi connectivity index (χ0) is 16.9. The first-order valence-electron chi connectivity index (χ1n) is 9.25. The first kappa shape index (κ1) is 17.1. The molecule has 5 nitrogen and oxygen atoms in total. The molecule has 1 aliphatic rings. The highest BCUT2D eigenvalue weighted by Crippen LogP contribution is 2.26. The maximum absolute atomic E-state index is 4.68. The summed E-state index contributed by atoms with van der Waals surface area (Å²) in [6.45, 7) is 10.1. The highest BCUT2D eigenvalue weighted by Gasteiger charge is 2.24. The fourth-order valence-corrected chi connectivity index (χ4v) is 3.66. The molecule has 0 saturated carbocycles. The summed E-state index contributed by atoms with van der Waals surface area (Å²) in [6.07, 6.45) is 10.1. The topological polar surface area (TPSA) is 46.8 Å². The summed E-state index contributed by atoms with van der Waals surface area (Å²) in [4.78, 5) is 11.9. The Morgan fingerprint density at radius 3 is 2.83 bits per heavy atom. The van der Waals surface area contributed by atoms with Gasteiger partial charge in [0.15, 0.2) is 0 Å². The molecule has 24 heavy (non-hydrogen) atoms. The van der Waals surface area contributed by atoms with Gasteiger partial charge in [-0.2, -0.15) is 5.10 Å². The van der Waals surface area contributed by atoms with Gasteiger partial charge in [0.25, 0.3) is 0 Å². The predicted molar refractivity (Wildman–Crippen MR) is 96.7 cm³/mol. The van der Waals surface area contributed by atoms with Crippen molar-refractivity contribution in [3.8, 4) is 11.4 Å². The molecule has 2 aromatic rings. The standard InChI is InChI=1S/C19H29N5/c1-4-11-24-18(7-8-22-24)19-17(20-9-10-21-19)13-16-6-5-12-23(14-16)15(2)3/h7-10,15-16H,4-6,11-14H2,1-3H3/t16-/m0/s1. The van der Waals surface area contributed by atoms with Gasteiger partial charge in [0.05, 0.1) is 11.4 Å².